The summed E-state index contributed by atoms with van der Waals surface area (Å²) in [6.07, 6.45) is 1.98. The molecule has 1 aromatic heterocycles. The van der Waals surface area contributed by atoms with Crippen LogP contribution in [0.2, 0.25) is 5.02 Å². The Morgan fingerprint density at radius 2 is 2.00 bits per heavy atom. The van der Waals surface area contributed by atoms with Crippen LogP contribution < -0.4 is 5.32 Å². The minimum atomic E-state index is -0.384. The van der Waals surface area contributed by atoms with E-state index in [1.54, 1.807) is 17.0 Å². The first-order valence-electron chi connectivity index (χ1n) is 12.2. The third kappa shape index (κ3) is 6.21. The van der Waals surface area contributed by atoms with Gasteiger partial charge in [0, 0.05) is 42.3 Å². The molecule has 8 heteroatoms. The molecule has 35 heavy (non-hydrogen) atoms. The topological polar surface area (TPSA) is 53.4 Å². The monoisotopic (exact) mass is 497 g/mol. The van der Waals surface area contributed by atoms with Gasteiger partial charge in [-0.05, 0) is 61.3 Å². The van der Waals surface area contributed by atoms with Crippen molar-refractivity contribution in [1.82, 2.24) is 19.6 Å². The Morgan fingerprint density at radius 1 is 1.23 bits per heavy atom. The molecule has 0 unspecified atom stereocenters. The molecule has 6 nitrogen and oxygen atoms in total. The summed E-state index contributed by atoms with van der Waals surface area (Å²) < 4.78 is 15.7. The molecule has 2 aromatic carbocycles. The van der Waals surface area contributed by atoms with E-state index in [1.165, 1.54) is 23.4 Å². The zero-order chi connectivity index (χ0) is 24.9. The van der Waals surface area contributed by atoms with Crippen LogP contribution in [0, 0.1) is 11.7 Å². The largest absolute Gasteiger partial charge is 0.322 e. The number of fused-ring (bicyclic) bond motifs is 1. The van der Waals surface area contributed by atoms with Crippen molar-refractivity contribution < 1.29 is 9.18 Å². The molecule has 2 amide bonds. The number of halogens is 2. The second-order valence-corrected chi connectivity index (χ2v) is 9.94. The smallest absolute Gasteiger partial charge is 0.318 e. The SMILES string of the molecule is CCCN1CCc2c(c(CN(CC(C)C)C(=O)Nc3cccc(F)c3)nn2-c2ccc(Cl)cc2)C1. The van der Waals surface area contributed by atoms with Crippen LogP contribution in [0.4, 0.5) is 14.9 Å². The third-order valence-electron chi connectivity index (χ3n) is 6.12. The first-order chi connectivity index (χ1) is 16.8. The molecule has 1 aliphatic heterocycles. The van der Waals surface area contributed by atoms with Crippen LogP contribution in [0.15, 0.2) is 48.5 Å². The van der Waals surface area contributed by atoms with E-state index in [9.17, 15) is 9.18 Å². The highest BCUT2D eigenvalue weighted by atomic mass is 35.5. The van der Waals surface area contributed by atoms with Crippen molar-refractivity contribution >= 4 is 23.3 Å². The maximum Gasteiger partial charge on any atom is 0.322 e. The van der Waals surface area contributed by atoms with Crippen LogP contribution in [0.5, 0.6) is 0 Å². The van der Waals surface area contributed by atoms with Gasteiger partial charge in [-0.15, -0.1) is 0 Å². The van der Waals surface area contributed by atoms with Crippen molar-refractivity contribution in [3.05, 3.63) is 76.3 Å². The highest BCUT2D eigenvalue weighted by Crippen LogP contribution is 2.27. The maximum atomic E-state index is 13.7. The Morgan fingerprint density at radius 3 is 2.69 bits per heavy atom. The van der Waals surface area contributed by atoms with Gasteiger partial charge < -0.3 is 10.2 Å². The Hall–Kier alpha value is -2.90. The van der Waals surface area contributed by atoms with Crippen LogP contribution in [0.1, 0.15) is 44.1 Å². The zero-order valence-electron chi connectivity index (χ0n) is 20.6. The van der Waals surface area contributed by atoms with Gasteiger partial charge in [0.25, 0.3) is 0 Å². The van der Waals surface area contributed by atoms with Gasteiger partial charge in [0.05, 0.1) is 23.6 Å². The van der Waals surface area contributed by atoms with Crippen molar-refractivity contribution in [3.63, 3.8) is 0 Å². The molecular formula is C27H33ClFN5O. The zero-order valence-corrected chi connectivity index (χ0v) is 21.4. The fourth-order valence-corrected chi connectivity index (χ4v) is 4.71. The second kappa shape index (κ2) is 11.2. The van der Waals surface area contributed by atoms with Crippen molar-refractivity contribution in [2.75, 3.05) is 25.0 Å². The predicted octanol–water partition coefficient (Wildman–Crippen LogP) is 6.12. The molecule has 0 aliphatic carbocycles. The number of rotatable bonds is 8. The lowest BCUT2D eigenvalue weighted by molar-refractivity contribution is 0.200. The quantitative estimate of drug-likeness (QED) is 0.407. The molecule has 0 saturated heterocycles. The van der Waals surface area contributed by atoms with Crippen LogP contribution in [-0.4, -0.2) is 45.2 Å². The molecule has 0 spiro atoms. The van der Waals surface area contributed by atoms with Crippen LogP contribution in [0.25, 0.3) is 5.69 Å². The normalized spacial score (nSPS) is 13.7. The van der Waals surface area contributed by atoms with E-state index in [0.29, 0.717) is 23.8 Å². The van der Waals surface area contributed by atoms with Gasteiger partial charge in [-0.25, -0.2) is 13.9 Å². The second-order valence-electron chi connectivity index (χ2n) is 9.50. The summed E-state index contributed by atoms with van der Waals surface area (Å²) in [6, 6.07) is 13.4. The van der Waals surface area contributed by atoms with Gasteiger partial charge in [-0.2, -0.15) is 5.10 Å². The lowest BCUT2D eigenvalue weighted by atomic mass is 10.0. The molecule has 3 aromatic rings. The molecule has 4 rings (SSSR count). The summed E-state index contributed by atoms with van der Waals surface area (Å²) in [5.74, 6) is -0.121. The van der Waals surface area contributed by atoms with Crippen LogP contribution in [-0.2, 0) is 19.5 Å². The number of benzene rings is 2. The maximum absolute atomic E-state index is 13.7. The van der Waals surface area contributed by atoms with Crippen molar-refractivity contribution in [3.8, 4) is 5.69 Å². The number of nitrogens with one attached hydrogen (secondary N) is 1. The number of urea groups is 1. The van der Waals surface area contributed by atoms with Gasteiger partial charge in [-0.1, -0.05) is 38.4 Å². The number of hydrogen-bond acceptors (Lipinski definition) is 3. The van der Waals surface area contributed by atoms with Crippen LogP contribution >= 0.6 is 11.6 Å². The molecule has 0 atom stereocenters. The molecule has 2 heterocycles. The molecule has 1 N–H and O–H groups in total. The Kier molecular flexibility index (Phi) is 8.08. The summed E-state index contributed by atoms with van der Waals surface area (Å²) in [4.78, 5) is 17.5. The van der Waals surface area contributed by atoms with Gasteiger partial charge >= 0.3 is 6.03 Å². The van der Waals surface area contributed by atoms with E-state index in [2.05, 4.69) is 31.0 Å². The lowest BCUT2D eigenvalue weighted by Gasteiger charge is -2.28. The third-order valence-corrected chi connectivity index (χ3v) is 6.37. The fourth-order valence-electron chi connectivity index (χ4n) is 4.58. The summed E-state index contributed by atoms with van der Waals surface area (Å²) >= 11 is 6.12. The molecule has 0 saturated carbocycles. The Bertz CT molecular complexity index is 1160. The summed E-state index contributed by atoms with van der Waals surface area (Å²) in [6.45, 7) is 10.1. The lowest BCUT2D eigenvalue weighted by Crippen LogP contribution is -2.38. The Balaban J connectivity index is 1.66. The molecule has 186 valence electrons. The first kappa shape index (κ1) is 25.2. The number of nitrogens with zero attached hydrogens (tertiary/aromatic N) is 4. The minimum absolute atomic E-state index is 0.263. The molecule has 0 bridgehead atoms. The van der Waals surface area contributed by atoms with Gasteiger partial charge in [0.15, 0.2) is 0 Å². The molecule has 0 radical (unpaired) electrons. The predicted molar refractivity (Wildman–Crippen MR) is 139 cm³/mol. The van der Waals surface area contributed by atoms with Gasteiger partial charge in [-0.3, -0.25) is 4.90 Å². The standard InChI is InChI=1S/C27H33ClFN5O/c1-4-13-32-14-12-26-24(17-32)25(31-34(26)23-10-8-20(28)9-11-23)18-33(16-19(2)3)27(35)30-22-7-5-6-21(29)15-22/h5-11,15,19H,4,12-14,16-18H2,1-3H3,(H,30,35). The van der Waals surface area contributed by atoms with E-state index < -0.39 is 0 Å². The van der Waals surface area contributed by atoms with Gasteiger partial charge in [0.1, 0.15) is 5.82 Å². The molecule has 0 fully saturated rings. The minimum Gasteiger partial charge on any atom is -0.318 e. The van der Waals surface area contributed by atoms with E-state index in [-0.39, 0.29) is 17.8 Å². The fraction of sp³-hybridized carbons (Fsp3) is 0.407. The van der Waals surface area contributed by atoms with E-state index in [4.69, 9.17) is 16.7 Å². The highest BCUT2D eigenvalue weighted by Gasteiger charge is 2.27. The number of carbonyl (C=O) groups excluding carboxylic acids is 1. The summed E-state index contributed by atoms with van der Waals surface area (Å²) in [5.41, 5.74) is 4.66. The number of carbonyl (C=O) groups is 1. The average Bonchev–Trinajstić information content (AvgIpc) is 3.17. The summed E-state index contributed by atoms with van der Waals surface area (Å²) in [5, 5.41) is 8.53. The van der Waals surface area contributed by atoms with E-state index in [1.807, 2.05) is 28.9 Å². The van der Waals surface area contributed by atoms with E-state index >= 15 is 0 Å². The number of hydrogen-bond donors (Lipinski definition) is 1. The van der Waals surface area contributed by atoms with E-state index in [0.717, 1.165) is 43.9 Å². The molecular weight excluding hydrogens is 465 g/mol. The number of aromatic nitrogens is 2. The van der Waals surface area contributed by atoms with Crippen molar-refractivity contribution in [2.45, 2.75) is 46.7 Å². The van der Waals surface area contributed by atoms with Crippen LogP contribution in [0.3, 0.4) is 0 Å². The number of amides is 2. The summed E-state index contributed by atoms with van der Waals surface area (Å²) in [7, 11) is 0. The molecule has 1 aliphatic rings. The Labute approximate surface area is 211 Å². The van der Waals surface area contributed by atoms with Crippen molar-refractivity contribution in [1.29, 1.82) is 0 Å². The van der Waals surface area contributed by atoms with Gasteiger partial charge in [0.2, 0.25) is 0 Å². The highest BCUT2D eigenvalue weighted by molar-refractivity contribution is 6.30. The van der Waals surface area contributed by atoms with Crippen molar-refractivity contribution in [2.24, 2.45) is 5.92 Å². The first-order valence-corrected chi connectivity index (χ1v) is 12.6. The number of anilines is 1. The average molecular weight is 498 g/mol.